The highest BCUT2D eigenvalue weighted by Gasteiger charge is 2.19. The Hall–Kier alpha value is -1.17. The van der Waals surface area contributed by atoms with Crippen LogP contribution in [0.15, 0.2) is 37.9 Å². The zero-order chi connectivity index (χ0) is 14.8. The van der Waals surface area contributed by atoms with Gasteiger partial charge in [0.2, 0.25) is 0 Å². The van der Waals surface area contributed by atoms with Gasteiger partial charge in [-0.2, -0.15) is 0 Å². The number of benzene rings is 1. The molecule has 1 aliphatic heterocycles. The van der Waals surface area contributed by atoms with Gasteiger partial charge in [0.05, 0.1) is 0 Å². The van der Waals surface area contributed by atoms with Gasteiger partial charge in [-0.25, -0.2) is 4.79 Å². The number of nitrogens with zero attached hydrogens (tertiary/aromatic N) is 1. The second-order valence-electron chi connectivity index (χ2n) is 5.59. The van der Waals surface area contributed by atoms with Crippen LogP contribution >= 0.6 is 15.9 Å². The number of piperidine rings is 1. The largest absolute Gasteiger partial charge is 0.423 e. The standard InChI is InChI=1S/C16H19BrN2O2/c1-18-13-3-2-6-19(10-13)9-11-7-16(20)21-15-8-12(17)4-5-14(11)15/h4-5,7-8,13,18H,2-3,6,9-10H2,1H3. The molecule has 1 N–H and O–H groups in total. The highest BCUT2D eigenvalue weighted by molar-refractivity contribution is 9.10. The van der Waals surface area contributed by atoms with E-state index in [-0.39, 0.29) is 5.63 Å². The monoisotopic (exact) mass is 350 g/mol. The van der Waals surface area contributed by atoms with E-state index in [2.05, 4.69) is 26.1 Å². The minimum absolute atomic E-state index is 0.280. The first-order valence-corrected chi connectivity index (χ1v) is 8.07. The fraction of sp³-hybridized carbons (Fsp3) is 0.438. The SMILES string of the molecule is CNC1CCCN(Cc2cc(=O)oc3cc(Br)ccc23)C1. The molecule has 112 valence electrons. The van der Waals surface area contributed by atoms with Gasteiger partial charge in [0.25, 0.3) is 0 Å². The molecular formula is C16H19BrN2O2. The third-order valence-electron chi connectivity index (χ3n) is 4.10. The summed E-state index contributed by atoms with van der Waals surface area (Å²) in [5.74, 6) is 0. The first kappa shape index (κ1) is 14.8. The highest BCUT2D eigenvalue weighted by Crippen LogP contribution is 2.23. The lowest BCUT2D eigenvalue weighted by Gasteiger charge is -2.32. The van der Waals surface area contributed by atoms with Crippen molar-refractivity contribution in [1.29, 1.82) is 0 Å². The van der Waals surface area contributed by atoms with E-state index in [9.17, 15) is 4.79 Å². The van der Waals surface area contributed by atoms with E-state index in [0.717, 1.165) is 35.1 Å². The molecule has 0 spiro atoms. The summed E-state index contributed by atoms with van der Waals surface area (Å²) in [5.41, 5.74) is 1.41. The molecule has 1 fully saturated rings. The molecule has 1 unspecified atom stereocenters. The third-order valence-corrected chi connectivity index (χ3v) is 4.59. The number of rotatable bonds is 3. The molecule has 0 saturated carbocycles. The van der Waals surface area contributed by atoms with Gasteiger partial charge in [-0.3, -0.25) is 4.90 Å². The smallest absolute Gasteiger partial charge is 0.336 e. The van der Waals surface area contributed by atoms with E-state index in [1.807, 2.05) is 25.2 Å². The van der Waals surface area contributed by atoms with Crippen LogP contribution in [0, 0.1) is 0 Å². The third kappa shape index (κ3) is 3.36. The lowest BCUT2D eigenvalue weighted by Crippen LogP contribution is -2.43. The van der Waals surface area contributed by atoms with Crippen molar-refractivity contribution in [2.24, 2.45) is 0 Å². The summed E-state index contributed by atoms with van der Waals surface area (Å²) in [6.07, 6.45) is 2.41. The molecule has 0 bridgehead atoms. The number of halogens is 1. The molecule has 0 radical (unpaired) electrons. The number of likely N-dealkylation sites (N-methyl/N-ethyl adjacent to an activating group) is 1. The summed E-state index contributed by atoms with van der Waals surface area (Å²) in [5, 5.41) is 4.37. The van der Waals surface area contributed by atoms with Crippen molar-refractivity contribution in [2.45, 2.75) is 25.4 Å². The zero-order valence-electron chi connectivity index (χ0n) is 12.1. The van der Waals surface area contributed by atoms with E-state index >= 15 is 0 Å². The molecule has 0 aliphatic carbocycles. The Labute approximate surface area is 132 Å². The van der Waals surface area contributed by atoms with Crippen LogP contribution in [0.4, 0.5) is 0 Å². The Balaban J connectivity index is 1.91. The first-order chi connectivity index (χ1) is 10.2. The molecule has 1 atom stereocenters. The van der Waals surface area contributed by atoms with Crippen LogP contribution in [0.2, 0.25) is 0 Å². The lowest BCUT2D eigenvalue weighted by atomic mass is 10.0. The second-order valence-corrected chi connectivity index (χ2v) is 6.51. The van der Waals surface area contributed by atoms with Crippen LogP contribution in [-0.4, -0.2) is 31.1 Å². The molecule has 0 amide bonds. The predicted molar refractivity (Wildman–Crippen MR) is 87.5 cm³/mol. The summed E-state index contributed by atoms with van der Waals surface area (Å²) < 4.78 is 6.22. The van der Waals surface area contributed by atoms with Crippen molar-refractivity contribution in [2.75, 3.05) is 20.1 Å². The first-order valence-electron chi connectivity index (χ1n) is 7.27. The summed E-state index contributed by atoms with van der Waals surface area (Å²) in [6.45, 7) is 2.90. The number of hydrogen-bond donors (Lipinski definition) is 1. The van der Waals surface area contributed by atoms with Gasteiger partial charge in [0, 0.05) is 35.1 Å². The fourth-order valence-electron chi connectivity index (χ4n) is 3.01. The number of likely N-dealkylation sites (tertiary alicyclic amines) is 1. The molecule has 3 rings (SSSR count). The van der Waals surface area contributed by atoms with E-state index in [4.69, 9.17) is 4.42 Å². The molecule has 2 heterocycles. The van der Waals surface area contributed by atoms with Gasteiger partial charge < -0.3 is 9.73 Å². The van der Waals surface area contributed by atoms with Gasteiger partial charge in [-0.15, -0.1) is 0 Å². The van der Waals surface area contributed by atoms with Crippen LogP contribution in [0.1, 0.15) is 18.4 Å². The van der Waals surface area contributed by atoms with Crippen LogP contribution in [0.25, 0.3) is 11.0 Å². The maximum Gasteiger partial charge on any atom is 0.336 e. The van der Waals surface area contributed by atoms with Gasteiger partial charge in [0.15, 0.2) is 0 Å². The Morgan fingerprint density at radius 1 is 1.43 bits per heavy atom. The Bertz CT molecular complexity index is 698. The Kier molecular flexibility index (Phi) is 4.42. The summed E-state index contributed by atoms with van der Waals surface area (Å²) in [7, 11) is 2.01. The normalized spacial score (nSPS) is 20.0. The van der Waals surface area contributed by atoms with Crippen LogP contribution < -0.4 is 10.9 Å². The van der Waals surface area contributed by atoms with Crippen molar-refractivity contribution < 1.29 is 4.42 Å². The molecular weight excluding hydrogens is 332 g/mol. The molecule has 1 aromatic heterocycles. The average molecular weight is 351 g/mol. The minimum atomic E-state index is -0.280. The summed E-state index contributed by atoms with van der Waals surface area (Å²) in [6, 6.07) is 8.01. The van der Waals surface area contributed by atoms with E-state index in [1.165, 1.54) is 12.8 Å². The molecule has 21 heavy (non-hydrogen) atoms. The van der Waals surface area contributed by atoms with Crippen LogP contribution in [0.5, 0.6) is 0 Å². The van der Waals surface area contributed by atoms with Crippen LogP contribution in [0.3, 0.4) is 0 Å². The molecule has 1 saturated heterocycles. The fourth-order valence-corrected chi connectivity index (χ4v) is 3.35. The summed E-state index contributed by atoms with van der Waals surface area (Å²) in [4.78, 5) is 14.2. The van der Waals surface area contributed by atoms with Crippen LogP contribution in [-0.2, 0) is 6.54 Å². The predicted octanol–water partition coefficient (Wildman–Crippen LogP) is 2.74. The van der Waals surface area contributed by atoms with E-state index < -0.39 is 0 Å². The molecule has 1 aromatic carbocycles. The van der Waals surface area contributed by atoms with Crippen molar-refractivity contribution in [3.05, 3.63) is 44.7 Å². The molecule has 1 aliphatic rings. The topological polar surface area (TPSA) is 45.5 Å². The Morgan fingerprint density at radius 3 is 3.10 bits per heavy atom. The summed E-state index contributed by atoms with van der Waals surface area (Å²) >= 11 is 3.42. The maximum atomic E-state index is 11.8. The van der Waals surface area contributed by atoms with E-state index in [1.54, 1.807) is 6.07 Å². The number of nitrogens with one attached hydrogen (secondary N) is 1. The van der Waals surface area contributed by atoms with Gasteiger partial charge in [0.1, 0.15) is 5.58 Å². The molecule has 5 heteroatoms. The van der Waals surface area contributed by atoms with Gasteiger partial charge in [-0.05, 0) is 50.2 Å². The highest BCUT2D eigenvalue weighted by atomic mass is 79.9. The number of fused-ring (bicyclic) bond motifs is 1. The number of hydrogen-bond acceptors (Lipinski definition) is 4. The van der Waals surface area contributed by atoms with Gasteiger partial charge >= 0.3 is 5.63 Å². The van der Waals surface area contributed by atoms with E-state index in [0.29, 0.717) is 11.6 Å². The second kappa shape index (κ2) is 6.30. The minimum Gasteiger partial charge on any atom is -0.423 e. The van der Waals surface area contributed by atoms with Crippen molar-refractivity contribution in [3.63, 3.8) is 0 Å². The maximum absolute atomic E-state index is 11.8. The average Bonchev–Trinajstić information content (AvgIpc) is 2.46. The molecule has 2 aromatic rings. The molecule has 4 nitrogen and oxygen atoms in total. The lowest BCUT2D eigenvalue weighted by molar-refractivity contribution is 0.188. The van der Waals surface area contributed by atoms with Gasteiger partial charge in [-0.1, -0.05) is 15.9 Å². The van der Waals surface area contributed by atoms with Crippen molar-refractivity contribution in [1.82, 2.24) is 10.2 Å². The Morgan fingerprint density at radius 2 is 2.29 bits per heavy atom. The van der Waals surface area contributed by atoms with Crippen molar-refractivity contribution in [3.8, 4) is 0 Å². The van der Waals surface area contributed by atoms with Crippen molar-refractivity contribution >= 4 is 26.9 Å². The quantitative estimate of drug-likeness (QED) is 0.864. The zero-order valence-corrected chi connectivity index (χ0v) is 13.6.